The lowest BCUT2D eigenvalue weighted by Gasteiger charge is -2.16. The zero-order valence-electron chi connectivity index (χ0n) is 10.0. The van der Waals surface area contributed by atoms with Crippen LogP contribution in [-0.2, 0) is 14.3 Å². The maximum absolute atomic E-state index is 11.7. The summed E-state index contributed by atoms with van der Waals surface area (Å²) in [6.07, 6.45) is 0.180. The van der Waals surface area contributed by atoms with Gasteiger partial charge in [-0.2, -0.15) is 0 Å². The van der Waals surface area contributed by atoms with Crippen LogP contribution < -0.4 is 5.32 Å². The van der Waals surface area contributed by atoms with Crippen molar-refractivity contribution in [3.8, 4) is 0 Å². The van der Waals surface area contributed by atoms with E-state index >= 15 is 0 Å². The van der Waals surface area contributed by atoms with Crippen LogP contribution in [0.5, 0.6) is 0 Å². The molecule has 2 amide bonds. The summed E-state index contributed by atoms with van der Waals surface area (Å²) in [5.74, 6) is -0.962. The Morgan fingerprint density at radius 2 is 2.17 bits per heavy atom. The Labute approximate surface area is 109 Å². The van der Waals surface area contributed by atoms with Crippen LogP contribution in [0.1, 0.15) is 6.42 Å². The van der Waals surface area contributed by atoms with Gasteiger partial charge in [0, 0.05) is 13.1 Å². The van der Waals surface area contributed by atoms with Crippen molar-refractivity contribution in [3.63, 3.8) is 0 Å². The second-order valence-corrected chi connectivity index (χ2v) is 4.83. The Kier molecular flexibility index (Phi) is 5.76. The number of thioether (sulfide) groups is 1. The second kappa shape index (κ2) is 7.10. The lowest BCUT2D eigenvalue weighted by atomic mass is 10.3. The SMILES string of the molecule is COC(=O)NC1CCN(C(=O)CSCC(=O)O)C1. The van der Waals surface area contributed by atoms with Gasteiger partial charge in [-0.05, 0) is 6.42 Å². The van der Waals surface area contributed by atoms with Gasteiger partial charge in [0.15, 0.2) is 0 Å². The first-order valence-electron chi connectivity index (χ1n) is 5.44. The number of hydrogen-bond acceptors (Lipinski definition) is 5. The molecule has 102 valence electrons. The van der Waals surface area contributed by atoms with Crippen LogP contribution in [0.3, 0.4) is 0 Å². The third-order valence-electron chi connectivity index (χ3n) is 2.50. The van der Waals surface area contributed by atoms with Gasteiger partial charge in [-0.1, -0.05) is 0 Å². The Balaban J connectivity index is 2.26. The number of carbonyl (C=O) groups is 3. The molecule has 0 aliphatic carbocycles. The van der Waals surface area contributed by atoms with E-state index in [1.807, 2.05) is 0 Å². The molecule has 0 saturated carbocycles. The highest BCUT2D eigenvalue weighted by Gasteiger charge is 2.27. The van der Waals surface area contributed by atoms with Crippen molar-refractivity contribution in [1.29, 1.82) is 0 Å². The highest BCUT2D eigenvalue weighted by atomic mass is 32.2. The molecule has 1 saturated heterocycles. The average Bonchev–Trinajstić information content (AvgIpc) is 2.76. The Morgan fingerprint density at radius 1 is 1.44 bits per heavy atom. The number of rotatable bonds is 5. The van der Waals surface area contributed by atoms with Crippen LogP contribution in [0.4, 0.5) is 4.79 Å². The van der Waals surface area contributed by atoms with Gasteiger partial charge in [0.05, 0.1) is 24.7 Å². The van der Waals surface area contributed by atoms with Crippen LogP contribution in [0.2, 0.25) is 0 Å². The predicted molar refractivity (Wildman–Crippen MR) is 65.5 cm³/mol. The zero-order valence-corrected chi connectivity index (χ0v) is 10.9. The quantitative estimate of drug-likeness (QED) is 0.719. The van der Waals surface area contributed by atoms with Crippen LogP contribution in [0, 0.1) is 0 Å². The molecule has 0 aromatic rings. The van der Waals surface area contributed by atoms with Crippen molar-refractivity contribution >= 4 is 29.7 Å². The molecule has 1 rings (SSSR count). The molecule has 1 aliphatic rings. The molecule has 8 heteroatoms. The van der Waals surface area contributed by atoms with Gasteiger partial charge in [0.1, 0.15) is 0 Å². The summed E-state index contributed by atoms with van der Waals surface area (Å²) in [5, 5.41) is 11.1. The number of nitrogens with one attached hydrogen (secondary N) is 1. The van der Waals surface area contributed by atoms with Gasteiger partial charge in [-0.3, -0.25) is 9.59 Å². The topological polar surface area (TPSA) is 95.9 Å². The predicted octanol–water partition coefficient (Wildman–Crippen LogP) is -0.239. The maximum Gasteiger partial charge on any atom is 0.407 e. The van der Waals surface area contributed by atoms with Gasteiger partial charge in [0.2, 0.25) is 5.91 Å². The fourth-order valence-electron chi connectivity index (χ4n) is 1.65. The van der Waals surface area contributed by atoms with E-state index in [2.05, 4.69) is 10.1 Å². The number of ether oxygens (including phenoxy) is 1. The van der Waals surface area contributed by atoms with E-state index in [4.69, 9.17) is 5.11 Å². The van der Waals surface area contributed by atoms with Crippen molar-refractivity contribution in [1.82, 2.24) is 10.2 Å². The standard InChI is InChI=1S/C10H16N2O5S/c1-17-10(16)11-7-2-3-12(4-7)8(13)5-18-6-9(14)15/h7H,2-6H2,1H3,(H,11,16)(H,14,15). The first-order valence-corrected chi connectivity index (χ1v) is 6.60. The lowest BCUT2D eigenvalue weighted by molar-refractivity contribution is -0.133. The summed E-state index contributed by atoms with van der Waals surface area (Å²) in [7, 11) is 1.29. The van der Waals surface area contributed by atoms with E-state index in [9.17, 15) is 14.4 Å². The van der Waals surface area contributed by atoms with Crippen molar-refractivity contribution in [2.45, 2.75) is 12.5 Å². The van der Waals surface area contributed by atoms with Crippen molar-refractivity contribution in [2.75, 3.05) is 31.7 Å². The van der Waals surface area contributed by atoms with Crippen LogP contribution >= 0.6 is 11.8 Å². The molecular weight excluding hydrogens is 260 g/mol. The van der Waals surface area contributed by atoms with Gasteiger partial charge >= 0.3 is 12.1 Å². The molecule has 18 heavy (non-hydrogen) atoms. The first-order chi connectivity index (χ1) is 8.52. The molecule has 1 fully saturated rings. The van der Waals surface area contributed by atoms with E-state index in [0.29, 0.717) is 19.5 Å². The summed E-state index contributed by atoms with van der Waals surface area (Å²) in [5.41, 5.74) is 0. The Morgan fingerprint density at radius 3 is 2.78 bits per heavy atom. The number of nitrogens with zero attached hydrogens (tertiary/aromatic N) is 1. The number of carbonyl (C=O) groups excluding carboxylic acids is 2. The smallest absolute Gasteiger partial charge is 0.407 e. The minimum Gasteiger partial charge on any atom is -0.481 e. The number of aliphatic carboxylic acids is 1. The maximum atomic E-state index is 11.7. The molecule has 0 spiro atoms. The van der Waals surface area contributed by atoms with Crippen LogP contribution in [0.25, 0.3) is 0 Å². The molecule has 1 atom stereocenters. The third-order valence-corrected chi connectivity index (χ3v) is 3.40. The summed E-state index contributed by atoms with van der Waals surface area (Å²) >= 11 is 1.07. The van der Waals surface area contributed by atoms with Gasteiger partial charge in [0.25, 0.3) is 0 Å². The number of likely N-dealkylation sites (tertiary alicyclic amines) is 1. The lowest BCUT2D eigenvalue weighted by Crippen LogP contribution is -2.38. The molecule has 0 radical (unpaired) electrons. The molecule has 0 bridgehead atoms. The fraction of sp³-hybridized carbons (Fsp3) is 0.700. The van der Waals surface area contributed by atoms with E-state index in [-0.39, 0.29) is 23.5 Å². The Bertz CT molecular complexity index is 336. The summed E-state index contributed by atoms with van der Waals surface area (Å²) in [6.45, 7) is 1.02. The largest absolute Gasteiger partial charge is 0.481 e. The minimum absolute atomic E-state index is 0.0799. The van der Waals surface area contributed by atoms with Crippen molar-refractivity contribution < 1.29 is 24.2 Å². The highest BCUT2D eigenvalue weighted by molar-refractivity contribution is 8.00. The average molecular weight is 276 g/mol. The van der Waals surface area contributed by atoms with Gasteiger partial charge in [-0.15, -0.1) is 11.8 Å². The summed E-state index contributed by atoms with van der Waals surface area (Å²) in [6, 6.07) is -0.0918. The molecule has 1 aliphatic heterocycles. The molecule has 1 unspecified atom stereocenters. The third kappa shape index (κ3) is 4.82. The number of carboxylic acids is 1. The van der Waals surface area contributed by atoms with Gasteiger partial charge < -0.3 is 20.1 Å². The van der Waals surface area contributed by atoms with E-state index in [0.717, 1.165) is 11.8 Å². The second-order valence-electron chi connectivity index (χ2n) is 3.85. The number of methoxy groups -OCH3 is 1. The summed E-state index contributed by atoms with van der Waals surface area (Å²) < 4.78 is 4.48. The molecular formula is C10H16N2O5S. The Hall–Kier alpha value is -1.44. The van der Waals surface area contributed by atoms with Crippen molar-refractivity contribution in [2.24, 2.45) is 0 Å². The number of carboxylic acid groups (broad SMARTS) is 1. The highest BCUT2D eigenvalue weighted by Crippen LogP contribution is 2.12. The molecule has 2 N–H and O–H groups in total. The minimum atomic E-state index is -0.931. The monoisotopic (exact) mass is 276 g/mol. The normalized spacial score (nSPS) is 18.5. The molecule has 0 aromatic carbocycles. The zero-order chi connectivity index (χ0) is 13.5. The van der Waals surface area contributed by atoms with E-state index in [1.165, 1.54) is 7.11 Å². The van der Waals surface area contributed by atoms with E-state index < -0.39 is 12.1 Å². The summed E-state index contributed by atoms with van der Waals surface area (Å²) in [4.78, 5) is 34.6. The van der Waals surface area contributed by atoms with Crippen LogP contribution in [-0.4, -0.2) is 65.7 Å². The molecule has 1 heterocycles. The van der Waals surface area contributed by atoms with Crippen molar-refractivity contribution in [3.05, 3.63) is 0 Å². The van der Waals surface area contributed by atoms with Crippen LogP contribution in [0.15, 0.2) is 0 Å². The fourth-order valence-corrected chi connectivity index (χ4v) is 2.28. The number of amides is 2. The first kappa shape index (κ1) is 14.6. The molecule has 0 aromatic heterocycles. The number of hydrogen-bond donors (Lipinski definition) is 2. The van der Waals surface area contributed by atoms with E-state index in [1.54, 1.807) is 4.90 Å². The molecule has 7 nitrogen and oxygen atoms in total. The number of alkyl carbamates (subject to hydrolysis) is 1. The van der Waals surface area contributed by atoms with Gasteiger partial charge in [-0.25, -0.2) is 4.79 Å².